The number of nitrogens with one attached hydrogen (secondary N) is 1. The Balaban J connectivity index is 2.37. The maximum absolute atomic E-state index is 11.6. The van der Waals surface area contributed by atoms with Gasteiger partial charge < -0.3 is 14.8 Å². The van der Waals surface area contributed by atoms with E-state index < -0.39 is 0 Å². The zero-order valence-corrected chi connectivity index (χ0v) is 11.5. The van der Waals surface area contributed by atoms with Gasteiger partial charge in [-0.3, -0.25) is 4.79 Å². The lowest BCUT2D eigenvalue weighted by atomic mass is 10.1. The van der Waals surface area contributed by atoms with Crippen LogP contribution in [0, 0.1) is 0 Å². The molecule has 0 spiro atoms. The van der Waals surface area contributed by atoms with Crippen LogP contribution in [0.5, 0.6) is 11.5 Å². The van der Waals surface area contributed by atoms with Gasteiger partial charge in [-0.05, 0) is 18.2 Å². The van der Waals surface area contributed by atoms with Gasteiger partial charge in [0.25, 0.3) is 5.91 Å². The highest BCUT2D eigenvalue weighted by molar-refractivity contribution is 8.26. The zero-order chi connectivity index (χ0) is 13.1. The van der Waals surface area contributed by atoms with Crippen LogP contribution in [0.25, 0.3) is 6.08 Å². The van der Waals surface area contributed by atoms with E-state index in [0.717, 1.165) is 5.56 Å². The van der Waals surface area contributed by atoms with Crippen molar-refractivity contribution in [1.82, 2.24) is 5.32 Å². The second kappa shape index (κ2) is 5.41. The quantitative estimate of drug-likeness (QED) is 0.680. The Morgan fingerprint density at radius 3 is 2.67 bits per heavy atom. The lowest BCUT2D eigenvalue weighted by Crippen LogP contribution is -2.17. The van der Waals surface area contributed by atoms with Crippen LogP contribution in [-0.2, 0) is 4.79 Å². The molecule has 1 saturated heterocycles. The molecule has 0 saturated carbocycles. The minimum atomic E-state index is -0.178. The van der Waals surface area contributed by atoms with Gasteiger partial charge in [-0.2, -0.15) is 0 Å². The van der Waals surface area contributed by atoms with Crippen molar-refractivity contribution < 1.29 is 14.3 Å². The van der Waals surface area contributed by atoms with Crippen molar-refractivity contribution in [2.75, 3.05) is 14.2 Å². The van der Waals surface area contributed by atoms with E-state index >= 15 is 0 Å². The van der Waals surface area contributed by atoms with E-state index in [-0.39, 0.29) is 5.91 Å². The highest BCUT2D eigenvalue weighted by atomic mass is 32.2. The molecule has 2 rings (SSSR count). The number of methoxy groups -OCH3 is 2. The van der Waals surface area contributed by atoms with Gasteiger partial charge in [0.1, 0.15) is 15.8 Å². The lowest BCUT2D eigenvalue weighted by Gasteiger charge is -2.07. The van der Waals surface area contributed by atoms with Crippen LogP contribution in [0.1, 0.15) is 5.56 Å². The Kier molecular flexibility index (Phi) is 3.88. The van der Waals surface area contributed by atoms with Crippen molar-refractivity contribution in [2.45, 2.75) is 0 Å². The third-order valence-electron chi connectivity index (χ3n) is 2.37. The summed E-state index contributed by atoms with van der Waals surface area (Å²) in [6.07, 6.45) is 1.75. The van der Waals surface area contributed by atoms with E-state index in [9.17, 15) is 4.79 Å². The molecule has 0 unspecified atom stereocenters. The molecule has 1 aromatic carbocycles. The number of carbonyl (C=O) groups is 1. The third-order valence-corrected chi connectivity index (χ3v) is 3.53. The molecular weight excluding hydrogens is 270 g/mol. The highest BCUT2D eigenvalue weighted by Gasteiger charge is 2.22. The number of ether oxygens (including phenoxy) is 2. The first-order valence-corrected chi connectivity index (χ1v) is 6.33. The molecule has 0 bridgehead atoms. The summed E-state index contributed by atoms with van der Waals surface area (Å²) in [5.74, 6) is 1.17. The van der Waals surface area contributed by atoms with Gasteiger partial charge in [0.2, 0.25) is 0 Å². The van der Waals surface area contributed by atoms with Crippen LogP contribution in [0.2, 0.25) is 0 Å². The average molecular weight is 281 g/mol. The topological polar surface area (TPSA) is 47.6 Å². The van der Waals surface area contributed by atoms with Gasteiger partial charge in [-0.1, -0.05) is 24.0 Å². The SMILES string of the molecule is COc1ccc(C=C2SC(=S)NC2=O)c(OC)c1. The molecule has 1 heterocycles. The van der Waals surface area contributed by atoms with Crippen LogP contribution in [0.4, 0.5) is 0 Å². The average Bonchev–Trinajstić information content (AvgIpc) is 2.68. The fourth-order valence-electron chi connectivity index (χ4n) is 1.50. The lowest BCUT2D eigenvalue weighted by molar-refractivity contribution is -0.115. The van der Waals surface area contributed by atoms with Crippen molar-refractivity contribution in [2.24, 2.45) is 0 Å². The maximum atomic E-state index is 11.6. The molecule has 6 heteroatoms. The maximum Gasteiger partial charge on any atom is 0.263 e. The molecule has 0 aliphatic carbocycles. The second-order valence-electron chi connectivity index (χ2n) is 3.46. The first-order valence-electron chi connectivity index (χ1n) is 5.11. The number of hydrogen-bond acceptors (Lipinski definition) is 5. The zero-order valence-electron chi connectivity index (χ0n) is 9.85. The van der Waals surface area contributed by atoms with E-state index in [0.29, 0.717) is 20.7 Å². The second-order valence-corrected chi connectivity index (χ2v) is 5.18. The molecule has 1 aliphatic rings. The van der Waals surface area contributed by atoms with Gasteiger partial charge >= 0.3 is 0 Å². The number of benzene rings is 1. The molecule has 94 valence electrons. The van der Waals surface area contributed by atoms with E-state index in [1.54, 1.807) is 26.4 Å². The van der Waals surface area contributed by atoms with Crippen molar-refractivity contribution in [3.8, 4) is 11.5 Å². The predicted octanol–water partition coefficient (Wildman–Crippen LogP) is 2.19. The molecule has 1 aliphatic heterocycles. The molecular formula is C12H11NO3S2. The van der Waals surface area contributed by atoms with Gasteiger partial charge in [-0.15, -0.1) is 0 Å². The summed E-state index contributed by atoms with van der Waals surface area (Å²) in [6.45, 7) is 0. The molecule has 1 amide bonds. The van der Waals surface area contributed by atoms with Crippen molar-refractivity contribution in [1.29, 1.82) is 0 Å². The smallest absolute Gasteiger partial charge is 0.263 e. The summed E-state index contributed by atoms with van der Waals surface area (Å²) < 4.78 is 10.8. The standard InChI is InChI=1S/C12H11NO3S2/c1-15-8-4-3-7(9(6-8)16-2)5-10-11(14)13-12(17)18-10/h3-6H,1-2H3,(H,13,14,17). The molecule has 1 fully saturated rings. The normalized spacial score (nSPS) is 16.9. The minimum absolute atomic E-state index is 0.178. The van der Waals surface area contributed by atoms with Crippen LogP contribution >= 0.6 is 24.0 Å². The van der Waals surface area contributed by atoms with E-state index in [4.69, 9.17) is 21.7 Å². The van der Waals surface area contributed by atoms with Gasteiger partial charge in [0.05, 0.1) is 19.1 Å². The van der Waals surface area contributed by atoms with Crippen LogP contribution in [-0.4, -0.2) is 24.4 Å². The van der Waals surface area contributed by atoms with E-state index in [2.05, 4.69) is 5.32 Å². The number of hydrogen-bond donors (Lipinski definition) is 1. The summed E-state index contributed by atoms with van der Waals surface area (Å²) in [4.78, 5) is 12.1. The minimum Gasteiger partial charge on any atom is -0.497 e. The monoisotopic (exact) mass is 281 g/mol. The Hall–Kier alpha value is -1.53. The Bertz CT molecular complexity index is 540. The fourth-order valence-corrected chi connectivity index (χ4v) is 2.54. The summed E-state index contributed by atoms with van der Waals surface area (Å²) in [5.41, 5.74) is 0.806. The number of amides is 1. The Morgan fingerprint density at radius 2 is 2.11 bits per heavy atom. The molecule has 18 heavy (non-hydrogen) atoms. The van der Waals surface area contributed by atoms with Crippen LogP contribution in [0.15, 0.2) is 23.1 Å². The summed E-state index contributed by atoms with van der Waals surface area (Å²) >= 11 is 6.17. The Labute approximate surface area is 114 Å². The largest absolute Gasteiger partial charge is 0.497 e. The highest BCUT2D eigenvalue weighted by Crippen LogP contribution is 2.31. The number of thiocarbonyl (C=S) groups is 1. The summed E-state index contributed by atoms with van der Waals surface area (Å²) in [7, 11) is 3.16. The number of thioether (sulfide) groups is 1. The van der Waals surface area contributed by atoms with Gasteiger partial charge in [0, 0.05) is 11.6 Å². The first kappa shape index (κ1) is 12.9. The van der Waals surface area contributed by atoms with Crippen LogP contribution < -0.4 is 14.8 Å². The van der Waals surface area contributed by atoms with E-state index in [1.165, 1.54) is 11.8 Å². The van der Waals surface area contributed by atoms with Crippen molar-refractivity contribution >= 4 is 40.3 Å². The third kappa shape index (κ3) is 2.65. The molecule has 0 radical (unpaired) electrons. The molecule has 0 aromatic heterocycles. The molecule has 0 atom stereocenters. The van der Waals surface area contributed by atoms with Crippen LogP contribution in [0.3, 0.4) is 0 Å². The molecule has 4 nitrogen and oxygen atoms in total. The van der Waals surface area contributed by atoms with Gasteiger partial charge in [-0.25, -0.2) is 0 Å². The first-order chi connectivity index (χ1) is 8.63. The number of carbonyl (C=O) groups excluding carboxylic acids is 1. The van der Waals surface area contributed by atoms with E-state index in [1.807, 2.05) is 12.1 Å². The summed E-state index contributed by atoms with van der Waals surface area (Å²) in [6, 6.07) is 5.41. The summed E-state index contributed by atoms with van der Waals surface area (Å²) in [5, 5.41) is 2.57. The predicted molar refractivity (Wildman–Crippen MR) is 75.9 cm³/mol. The molecule has 1 aromatic rings. The van der Waals surface area contributed by atoms with Crippen molar-refractivity contribution in [3.63, 3.8) is 0 Å². The van der Waals surface area contributed by atoms with Gasteiger partial charge in [0.15, 0.2) is 0 Å². The Morgan fingerprint density at radius 1 is 1.33 bits per heavy atom. The molecule has 1 N–H and O–H groups in total. The number of rotatable bonds is 3. The van der Waals surface area contributed by atoms with Crippen molar-refractivity contribution in [3.05, 3.63) is 28.7 Å². The fraction of sp³-hybridized carbons (Fsp3) is 0.167.